The van der Waals surface area contributed by atoms with Crippen molar-refractivity contribution in [1.82, 2.24) is 109 Å². The summed E-state index contributed by atoms with van der Waals surface area (Å²) in [6.07, 6.45) is 13.7. The predicted molar refractivity (Wildman–Crippen MR) is 589 cm³/mol. The number of halogens is 1. The van der Waals surface area contributed by atoms with Crippen LogP contribution >= 0.6 is 34.3 Å². The fourth-order valence-electron chi connectivity index (χ4n) is 17.9. The van der Waals surface area contributed by atoms with E-state index in [1.807, 2.05) is 143 Å². The van der Waals surface area contributed by atoms with Gasteiger partial charge in [-0.3, -0.25) is 43.7 Å². The summed E-state index contributed by atoms with van der Waals surface area (Å²) in [5.74, 6) is 3.08. The Morgan fingerprint density at radius 2 is 0.624 bits per heavy atom. The second-order valence-electron chi connectivity index (χ2n) is 36.4. The SMILES string of the molecule is CN(C)c1ccc(C=C2NC(N3CCNCC3)=NC2=O)cc1.O=C1N=C(N2CCNCC2)NC1=Cc1ccc(Cl)cc1.O=C1N=C(N2CCNCC2)NC1=Cc1ccc([N+](=O)[O-])cc1.O=C1N=C(N2CCNCC2)NC1=Cc1ccc2c(c1)Cc1ccccc1-2.O=C1N=C(N2CCNCC2)NC1=Cc1ccc2ccccc2c1.O=C1N=C(N2CCNCC2)NC1=Cc1cccs1.O=C1N=C(N2CCNCC2)NC1=Cc1ccsc1. The molecule has 24 rings (SSSR count). The highest BCUT2D eigenvalue weighted by Crippen LogP contribution is 2.38. The van der Waals surface area contributed by atoms with E-state index in [4.69, 9.17) is 11.6 Å². The van der Waals surface area contributed by atoms with Gasteiger partial charge in [0.05, 0.1) is 4.92 Å². The highest BCUT2D eigenvalue weighted by Gasteiger charge is 2.34. The summed E-state index contributed by atoms with van der Waals surface area (Å²) in [4.78, 5) is 141. The van der Waals surface area contributed by atoms with E-state index in [1.165, 1.54) is 39.8 Å². The van der Waals surface area contributed by atoms with Gasteiger partial charge in [0.2, 0.25) is 41.7 Å². The van der Waals surface area contributed by atoms with E-state index in [2.05, 4.69) is 206 Å². The van der Waals surface area contributed by atoms with Crippen LogP contribution < -0.4 is 79.3 Å². The van der Waals surface area contributed by atoms with E-state index in [1.54, 1.807) is 59.1 Å². The normalized spacial score (nSPS) is 20.7. The number of hydrogen-bond donors (Lipinski definition) is 14. The van der Waals surface area contributed by atoms with Crippen molar-refractivity contribution in [3.05, 3.63) is 296 Å². The number of thiophene rings is 2. The van der Waals surface area contributed by atoms with Gasteiger partial charge >= 0.3 is 0 Å². The summed E-state index contributed by atoms with van der Waals surface area (Å²) in [5.41, 5.74) is 15.7. The van der Waals surface area contributed by atoms with Crippen LogP contribution in [0.4, 0.5) is 11.4 Å². The molecule has 768 valence electrons. The highest BCUT2D eigenvalue weighted by atomic mass is 35.5. The topological polar surface area (TPSA) is 443 Å². The van der Waals surface area contributed by atoms with E-state index >= 15 is 0 Å². The van der Waals surface area contributed by atoms with Crippen molar-refractivity contribution in [3.8, 4) is 11.1 Å². The molecule has 14 N–H and O–H groups in total. The molecule has 0 unspecified atom stereocenters. The molecule has 2 aromatic heterocycles. The molecule has 0 bridgehead atoms. The number of carbonyl (C=O) groups is 7. The number of anilines is 1. The summed E-state index contributed by atoms with van der Waals surface area (Å²) in [7, 11) is 4.01. The zero-order valence-corrected chi connectivity index (χ0v) is 84.9. The van der Waals surface area contributed by atoms with Crippen molar-refractivity contribution < 1.29 is 38.5 Å². The molecule has 7 fully saturated rings. The summed E-state index contributed by atoms with van der Waals surface area (Å²) in [6.45, 7) is 24.7. The average molecular weight is 2070 g/mol. The quantitative estimate of drug-likeness (QED) is 0.0422. The van der Waals surface area contributed by atoms with Crippen LogP contribution in [0.25, 0.3) is 64.4 Å². The third-order valence-corrected chi connectivity index (χ3v) is 27.7. The van der Waals surface area contributed by atoms with Gasteiger partial charge in [-0.15, -0.1) is 11.3 Å². The monoisotopic (exact) mass is 2060 g/mol. The fraction of sp³-hybridized carbons (Fsp3) is 0.290. The van der Waals surface area contributed by atoms with Crippen LogP contribution in [0, 0.1) is 10.1 Å². The Hall–Kier alpha value is -15.8. The number of nitrogens with one attached hydrogen (secondary N) is 14. The van der Waals surface area contributed by atoms with Gasteiger partial charge in [0.1, 0.15) is 39.9 Å². The Morgan fingerprint density at radius 3 is 0.973 bits per heavy atom. The molecule has 0 atom stereocenters. The number of amides is 7. The van der Waals surface area contributed by atoms with E-state index in [9.17, 15) is 43.7 Å². The Balaban J connectivity index is 0.000000114. The molecular formula is C107H117ClN30O9S2. The molecule has 149 heavy (non-hydrogen) atoms. The summed E-state index contributed by atoms with van der Waals surface area (Å²) in [6, 6.07) is 56.6. The number of nitro benzene ring substituents is 1. The smallest absolute Gasteiger partial charge is 0.296 e. The molecule has 0 saturated carbocycles. The van der Waals surface area contributed by atoms with Crippen LogP contribution in [-0.2, 0) is 40.0 Å². The van der Waals surface area contributed by atoms with Crippen LogP contribution in [0.1, 0.15) is 49.4 Å². The Kier molecular flexibility index (Phi) is 34.6. The number of benzene rings is 7. The van der Waals surface area contributed by atoms with E-state index in [-0.39, 0.29) is 47.0 Å². The first-order valence-corrected chi connectivity index (χ1v) is 52.0. The van der Waals surface area contributed by atoms with E-state index in [0.29, 0.717) is 92.2 Å². The Labute approximate surface area is 875 Å². The standard InChI is InChI=1S/C21H20N4O.C18H18N4O.C16H21N5O.C14H15ClN4O.C14H15N5O3.2C12H14N4OS/c26-20-19(23-21(24-20)25-9-7-22-8-10-25)12-14-5-6-18-16(11-14)13-15-3-1-2-4-17(15)18;23-17-16(20-18(21-17)22-9-7-19-8-10-22)12-13-5-6-14-3-1-2-4-15(14)11-13;1-20(2)13-5-3-12(4-6-13)11-14-15(22)19-16(18-14)21-9-7-17-8-10-21;15-11-3-1-10(2-4-11)9-12-13(20)18-14(17-12)19-7-5-16-6-8-19;20-13-12(9-10-1-3-11(4-2-10)19(21)22)16-14(17-13)18-7-5-15-6-8-18;17-11-10(7-9-1-6-18-8-9)14-12(15-11)16-4-2-13-3-5-16;17-11-10(8-9-2-1-7-18-9)14-12(15-11)16-5-3-13-4-6-16/h1-6,11-12,22H,7-10,13H2,(H,23,24,26);1-6,11-12,19H,7-10H2,(H,20,21,23);3-6,11,17H,7-10H2,1-2H3,(H,18,19,22);1-4,9,16H,5-8H2,(H,17,18,20);1-4,9,15H,5-8H2,(H,16,17,20);1,6-8,13H,2-5H2,(H,14,15,17);1-2,7-8,13H,3-6H2,(H,14,15,17). The second-order valence-corrected chi connectivity index (χ2v) is 38.6. The lowest BCUT2D eigenvalue weighted by atomic mass is 10.0. The highest BCUT2D eigenvalue weighted by molar-refractivity contribution is 7.10. The molecule has 0 spiro atoms. The molecule has 1 aliphatic carbocycles. The summed E-state index contributed by atoms with van der Waals surface area (Å²) in [5, 5.41) is 64.4. The van der Waals surface area contributed by atoms with Crippen molar-refractivity contribution in [2.45, 2.75) is 6.42 Å². The van der Waals surface area contributed by atoms with Gasteiger partial charge in [0.15, 0.2) is 0 Å². The van der Waals surface area contributed by atoms with E-state index in [0.717, 1.165) is 233 Å². The number of carbonyl (C=O) groups excluding carboxylic acids is 7. The molecule has 15 aliphatic rings. The van der Waals surface area contributed by atoms with Crippen molar-refractivity contribution in [2.75, 3.05) is 202 Å². The van der Waals surface area contributed by atoms with E-state index < -0.39 is 4.92 Å². The van der Waals surface area contributed by atoms with Crippen LogP contribution in [0.3, 0.4) is 0 Å². The number of nitrogens with zero attached hydrogens (tertiary/aromatic N) is 16. The van der Waals surface area contributed by atoms with Crippen molar-refractivity contribution in [3.63, 3.8) is 0 Å². The molecule has 7 saturated heterocycles. The number of guanidine groups is 7. The minimum atomic E-state index is -0.457. The lowest BCUT2D eigenvalue weighted by molar-refractivity contribution is -0.384. The number of hydrogen-bond acceptors (Lipinski definition) is 33. The molecule has 7 amide bonds. The number of rotatable bonds is 9. The fourth-order valence-corrected chi connectivity index (χ4v) is 19.3. The van der Waals surface area contributed by atoms with Gasteiger partial charge in [-0.05, 0) is 186 Å². The third-order valence-electron chi connectivity index (χ3n) is 25.9. The van der Waals surface area contributed by atoms with Gasteiger partial charge in [0.25, 0.3) is 47.0 Å². The van der Waals surface area contributed by atoms with Crippen LogP contribution in [-0.4, -0.2) is 320 Å². The zero-order valence-electron chi connectivity index (χ0n) is 82.5. The molecule has 42 heteroatoms. The Morgan fingerprint density at radius 1 is 0.315 bits per heavy atom. The van der Waals surface area contributed by atoms with Crippen LogP contribution in [0.2, 0.25) is 5.02 Å². The molecule has 39 nitrogen and oxygen atoms in total. The summed E-state index contributed by atoms with van der Waals surface area (Å²) < 4.78 is 0. The molecule has 14 aliphatic heterocycles. The number of fused-ring (bicyclic) bond motifs is 4. The maximum absolute atomic E-state index is 12.3. The molecule has 9 aromatic rings. The minimum absolute atomic E-state index is 0.0191. The number of non-ortho nitro benzene ring substituents is 1. The molecule has 0 radical (unpaired) electrons. The predicted octanol–water partition coefficient (Wildman–Crippen LogP) is 6.40. The Bertz CT molecular complexity index is 6810. The maximum Gasteiger partial charge on any atom is 0.296 e. The minimum Gasteiger partial charge on any atom is -0.378 e. The van der Waals surface area contributed by atoms with Gasteiger partial charge < -0.3 is 114 Å². The number of aliphatic imine (C=N–C) groups is 7. The lowest BCUT2D eigenvalue weighted by Crippen LogP contribution is -2.49. The first kappa shape index (κ1) is 103. The zero-order chi connectivity index (χ0) is 103. The number of nitro groups is 1. The number of piperazine rings is 7. The van der Waals surface area contributed by atoms with Crippen molar-refractivity contribution >= 4 is 182 Å². The molecule has 16 heterocycles. The van der Waals surface area contributed by atoms with Gasteiger partial charge in [-0.1, -0.05) is 121 Å². The second kappa shape index (κ2) is 50.0. The van der Waals surface area contributed by atoms with Gasteiger partial charge in [0, 0.05) is 225 Å². The van der Waals surface area contributed by atoms with Crippen LogP contribution in [0.5, 0.6) is 0 Å². The third kappa shape index (κ3) is 27.7. The molecular weight excluding hydrogens is 1950 g/mol. The van der Waals surface area contributed by atoms with Gasteiger partial charge in [-0.2, -0.15) is 46.3 Å². The van der Waals surface area contributed by atoms with Crippen molar-refractivity contribution in [1.29, 1.82) is 0 Å². The lowest BCUT2D eigenvalue weighted by Gasteiger charge is -2.28. The molecule has 7 aromatic carbocycles. The maximum atomic E-state index is 12.3. The van der Waals surface area contributed by atoms with Gasteiger partial charge in [-0.25, -0.2) is 0 Å². The van der Waals surface area contributed by atoms with Crippen LogP contribution in [0.15, 0.2) is 267 Å². The first-order chi connectivity index (χ1) is 72.7. The summed E-state index contributed by atoms with van der Waals surface area (Å²) >= 11 is 9.06. The van der Waals surface area contributed by atoms with Crippen molar-refractivity contribution in [2.24, 2.45) is 34.9 Å². The average Bonchev–Trinajstić information content (AvgIpc) is 1.63. The largest absolute Gasteiger partial charge is 0.378 e. The first-order valence-electron chi connectivity index (χ1n) is 49.8.